The highest BCUT2D eigenvalue weighted by Gasteiger charge is 2.37. The Bertz CT molecular complexity index is 1050. The fourth-order valence-corrected chi connectivity index (χ4v) is 3.39. The number of amides is 3. The zero-order valence-corrected chi connectivity index (χ0v) is 18.1. The van der Waals surface area contributed by atoms with Crippen molar-refractivity contribution < 1.29 is 23.9 Å². The summed E-state index contributed by atoms with van der Waals surface area (Å²) >= 11 is 17.8. The maximum atomic E-state index is 12.3. The Morgan fingerprint density at radius 2 is 1.81 bits per heavy atom. The monoisotopic (exact) mass is 483 g/mol. The summed E-state index contributed by atoms with van der Waals surface area (Å²) < 4.78 is 5.00. The van der Waals surface area contributed by atoms with Crippen molar-refractivity contribution in [3.8, 4) is 0 Å². The van der Waals surface area contributed by atoms with E-state index in [9.17, 15) is 19.2 Å². The Balaban J connectivity index is 1.51. The minimum Gasteiger partial charge on any atom is -0.455 e. The topological polar surface area (TPSA) is 105 Å². The maximum Gasteiger partial charge on any atom is 0.311 e. The van der Waals surface area contributed by atoms with Crippen LogP contribution in [0.2, 0.25) is 15.1 Å². The molecule has 0 spiro atoms. The van der Waals surface area contributed by atoms with Crippen molar-refractivity contribution in [3.05, 3.63) is 63.1 Å². The van der Waals surface area contributed by atoms with Crippen molar-refractivity contribution in [3.63, 3.8) is 0 Å². The summed E-state index contributed by atoms with van der Waals surface area (Å²) in [5.74, 6) is -3.23. The van der Waals surface area contributed by atoms with E-state index in [-0.39, 0.29) is 34.3 Å². The summed E-state index contributed by atoms with van der Waals surface area (Å²) in [7, 11) is 0. The summed E-state index contributed by atoms with van der Waals surface area (Å²) in [5.41, 5.74) is 2.90. The van der Waals surface area contributed by atoms with E-state index in [1.165, 1.54) is 18.2 Å². The predicted molar refractivity (Wildman–Crippen MR) is 115 cm³/mol. The van der Waals surface area contributed by atoms with E-state index < -0.39 is 36.2 Å². The van der Waals surface area contributed by atoms with Gasteiger partial charge in [0, 0.05) is 11.4 Å². The molecule has 2 aromatic carbocycles. The van der Waals surface area contributed by atoms with Gasteiger partial charge in [-0.2, -0.15) is 0 Å². The van der Waals surface area contributed by atoms with Gasteiger partial charge in [0.1, 0.15) is 0 Å². The number of hydrogen-bond donors (Lipinski definition) is 2. The molecule has 3 rings (SSSR count). The molecular formula is C20H16Cl3N3O5. The molecule has 3 amide bonds. The van der Waals surface area contributed by atoms with E-state index in [0.717, 1.165) is 5.01 Å². The molecule has 8 nitrogen and oxygen atoms in total. The van der Waals surface area contributed by atoms with Gasteiger partial charge in [-0.25, -0.2) is 0 Å². The summed E-state index contributed by atoms with van der Waals surface area (Å²) in [6.45, 7) is -0.659. The minimum absolute atomic E-state index is 0.0877. The molecule has 1 saturated heterocycles. The number of carbonyl (C=O) groups is 4. The predicted octanol–water partition coefficient (Wildman–Crippen LogP) is 3.32. The highest BCUT2D eigenvalue weighted by molar-refractivity contribution is 6.35. The number of benzene rings is 2. The Morgan fingerprint density at radius 1 is 1.06 bits per heavy atom. The first-order chi connectivity index (χ1) is 14.7. The number of esters is 1. The summed E-state index contributed by atoms with van der Waals surface area (Å²) in [6.07, 6.45) is -0.163. The molecule has 11 heteroatoms. The zero-order valence-electron chi connectivity index (χ0n) is 15.9. The van der Waals surface area contributed by atoms with Gasteiger partial charge in [0.25, 0.3) is 11.8 Å². The molecule has 1 heterocycles. The standard InChI is InChI=1S/C20H16Cl3N3O5/c21-12-5-6-15(23)16(8-12)24-17(27)10-31-20(30)11-7-18(28)26(9-11)25-19(29)13-3-1-2-4-14(13)22/h1-6,8,11H,7,9-10H2,(H,24,27)(H,25,29)/t11-/m1/s1. The number of rotatable bonds is 6. The minimum atomic E-state index is -0.832. The molecule has 0 bridgehead atoms. The van der Waals surface area contributed by atoms with Gasteiger partial charge in [-0.15, -0.1) is 0 Å². The van der Waals surface area contributed by atoms with E-state index >= 15 is 0 Å². The van der Waals surface area contributed by atoms with E-state index in [2.05, 4.69) is 10.7 Å². The molecule has 0 radical (unpaired) electrons. The second-order valence-electron chi connectivity index (χ2n) is 6.61. The number of halogens is 3. The Morgan fingerprint density at radius 3 is 2.55 bits per heavy atom. The van der Waals surface area contributed by atoms with Crippen molar-refractivity contribution in [2.45, 2.75) is 6.42 Å². The first-order valence-electron chi connectivity index (χ1n) is 9.02. The Labute approximate surface area is 192 Å². The third-order valence-electron chi connectivity index (χ3n) is 4.36. The van der Waals surface area contributed by atoms with Gasteiger partial charge in [-0.1, -0.05) is 46.9 Å². The van der Waals surface area contributed by atoms with Crippen LogP contribution in [-0.2, 0) is 19.1 Å². The van der Waals surface area contributed by atoms with Gasteiger partial charge in [0.15, 0.2) is 6.61 Å². The quantitative estimate of drug-likeness (QED) is 0.612. The summed E-state index contributed by atoms with van der Waals surface area (Å²) in [6, 6.07) is 10.9. The van der Waals surface area contributed by atoms with Crippen molar-refractivity contribution in [2.75, 3.05) is 18.5 Å². The largest absolute Gasteiger partial charge is 0.455 e. The number of hydrazine groups is 1. The van der Waals surface area contributed by atoms with Crippen LogP contribution < -0.4 is 10.7 Å². The van der Waals surface area contributed by atoms with Gasteiger partial charge in [-0.05, 0) is 30.3 Å². The lowest BCUT2D eigenvalue weighted by Gasteiger charge is -2.18. The van der Waals surface area contributed by atoms with Crippen molar-refractivity contribution >= 4 is 64.2 Å². The molecule has 2 N–H and O–H groups in total. The van der Waals surface area contributed by atoms with Crippen LogP contribution in [0.15, 0.2) is 42.5 Å². The van der Waals surface area contributed by atoms with Crippen LogP contribution in [0.4, 0.5) is 5.69 Å². The van der Waals surface area contributed by atoms with Crippen LogP contribution in [0.25, 0.3) is 0 Å². The third-order valence-corrected chi connectivity index (χ3v) is 5.26. The van der Waals surface area contributed by atoms with Crippen LogP contribution in [0.1, 0.15) is 16.8 Å². The van der Waals surface area contributed by atoms with Crippen molar-refractivity contribution in [1.29, 1.82) is 0 Å². The molecular weight excluding hydrogens is 469 g/mol. The fourth-order valence-electron chi connectivity index (χ4n) is 2.84. The number of anilines is 1. The first kappa shape index (κ1) is 22.9. The Kier molecular flexibility index (Phi) is 7.37. The molecule has 0 saturated carbocycles. The molecule has 0 unspecified atom stereocenters. The van der Waals surface area contributed by atoms with Crippen LogP contribution in [0.5, 0.6) is 0 Å². The molecule has 31 heavy (non-hydrogen) atoms. The molecule has 2 aromatic rings. The number of carbonyl (C=O) groups excluding carboxylic acids is 4. The normalized spacial score (nSPS) is 15.5. The fraction of sp³-hybridized carbons (Fsp3) is 0.200. The first-order valence-corrected chi connectivity index (χ1v) is 10.2. The van der Waals surface area contributed by atoms with Gasteiger partial charge >= 0.3 is 5.97 Å². The van der Waals surface area contributed by atoms with Crippen LogP contribution >= 0.6 is 34.8 Å². The third kappa shape index (κ3) is 5.88. The summed E-state index contributed by atoms with van der Waals surface area (Å²) in [4.78, 5) is 48.7. The molecule has 1 aliphatic heterocycles. The SMILES string of the molecule is O=C(COC(=O)[C@@H]1CC(=O)N(NC(=O)c2ccccc2Cl)C1)Nc1cc(Cl)ccc1Cl. The zero-order chi connectivity index (χ0) is 22.5. The van der Waals surface area contributed by atoms with E-state index in [4.69, 9.17) is 39.5 Å². The second kappa shape index (κ2) is 10.00. The van der Waals surface area contributed by atoms with Gasteiger partial charge in [0.2, 0.25) is 5.91 Å². The highest BCUT2D eigenvalue weighted by Crippen LogP contribution is 2.25. The smallest absolute Gasteiger partial charge is 0.311 e. The van der Waals surface area contributed by atoms with Gasteiger partial charge in [0.05, 0.1) is 33.8 Å². The Hall–Kier alpha value is -2.81. The van der Waals surface area contributed by atoms with Crippen molar-refractivity contribution in [2.24, 2.45) is 5.92 Å². The van der Waals surface area contributed by atoms with Crippen LogP contribution in [0, 0.1) is 5.92 Å². The number of hydrogen-bond acceptors (Lipinski definition) is 5. The number of nitrogens with zero attached hydrogens (tertiary/aromatic N) is 1. The molecule has 0 aliphatic carbocycles. The number of nitrogens with one attached hydrogen (secondary N) is 2. The van der Waals surface area contributed by atoms with E-state index in [0.29, 0.717) is 5.02 Å². The van der Waals surface area contributed by atoms with Crippen LogP contribution in [-0.4, -0.2) is 41.9 Å². The van der Waals surface area contributed by atoms with E-state index in [1.807, 2.05) is 0 Å². The average Bonchev–Trinajstić information content (AvgIpc) is 3.09. The highest BCUT2D eigenvalue weighted by atomic mass is 35.5. The van der Waals surface area contributed by atoms with E-state index in [1.54, 1.807) is 24.3 Å². The lowest BCUT2D eigenvalue weighted by atomic mass is 10.1. The summed E-state index contributed by atoms with van der Waals surface area (Å²) in [5, 5.41) is 4.39. The molecule has 162 valence electrons. The molecule has 1 aliphatic rings. The maximum absolute atomic E-state index is 12.3. The van der Waals surface area contributed by atoms with Crippen molar-refractivity contribution in [1.82, 2.24) is 10.4 Å². The van der Waals surface area contributed by atoms with Gasteiger partial charge < -0.3 is 10.1 Å². The molecule has 1 atom stereocenters. The average molecular weight is 485 g/mol. The number of ether oxygens (including phenoxy) is 1. The van der Waals surface area contributed by atoms with Gasteiger partial charge in [-0.3, -0.25) is 29.6 Å². The van der Waals surface area contributed by atoms with Crippen LogP contribution in [0.3, 0.4) is 0 Å². The lowest BCUT2D eigenvalue weighted by molar-refractivity contribution is -0.151. The molecule has 0 aromatic heterocycles. The molecule has 1 fully saturated rings. The second-order valence-corrected chi connectivity index (χ2v) is 7.86. The lowest BCUT2D eigenvalue weighted by Crippen LogP contribution is -2.43.